The first-order valence-corrected chi connectivity index (χ1v) is 6.34. The van der Waals surface area contributed by atoms with E-state index in [1.807, 2.05) is 12.1 Å². The fraction of sp³-hybridized carbons (Fsp3) is 0.615. The number of nitrogens with zero attached hydrogens (tertiary/aromatic N) is 2. The zero-order chi connectivity index (χ0) is 13.2. The van der Waals surface area contributed by atoms with E-state index in [1.54, 1.807) is 13.8 Å². The van der Waals surface area contributed by atoms with E-state index in [2.05, 4.69) is 15.5 Å². The van der Waals surface area contributed by atoms with E-state index in [9.17, 15) is 4.79 Å². The second-order valence-electron chi connectivity index (χ2n) is 5.38. The number of nitrogens with one attached hydrogen (secondary N) is 1. The minimum absolute atomic E-state index is 0.504. The van der Waals surface area contributed by atoms with Gasteiger partial charge >= 0.3 is 5.97 Å². The second kappa shape index (κ2) is 4.92. The third-order valence-corrected chi connectivity index (χ3v) is 3.43. The zero-order valence-corrected chi connectivity index (χ0v) is 10.8. The number of aromatic nitrogens is 2. The Kier molecular flexibility index (Phi) is 3.50. The first kappa shape index (κ1) is 12.8. The molecule has 98 valence electrons. The van der Waals surface area contributed by atoms with Crippen LogP contribution in [-0.4, -0.2) is 26.8 Å². The maximum Gasteiger partial charge on any atom is 0.328 e. The van der Waals surface area contributed by atoms with Gasteiger partial charge in [0.2, 0.25) is 0 Å². The number of carboxylic acids is 1. The summed E-state index contributed by atoms with van der Waals surface area (Å²) in [7, 11) is 0. The number of rotatable bonds is 4. The lowest BCUT2D eigenvalue weighted by atomic mass is 10.0. The zero-order valence-electron chi connectivity index (χ0n) is 10.8. The smallest absolute Gasteiger partial charge is 0.328 e. The van der Waals surface area contributed by atoms with Crippen molar-refractivity contribution in [3.8, 4) is 0 Å². The molecule has 18 heavy (non-hydrogen) atoms. The van der Waals surface area contributed by atoms with Crippen molar-refractivity contribution in [3.05, 3.63) is 17.8 Å². The van der Waals surface area contributed by atoms with Crippen molar-refractivity contribution in [1.82, 2.24) is 10.2 Å². The minimum Gasteiger partial charge on any atom is -0.480 e. The van der Waals surface area contributed by atoms with E-state index in [-0.39, 0.29) is 0 Å². The van der Waals surface area contributed by atoms with Crippen LogP contribution in [0.5, 0.6) is 0 Å². The monoisotopic (exact) mass is 249 g/mol. The number of carbonyl (C=O) groups is 1. The van der Waals surface area contributed by atoms with Crippen LogP contribution in [0.3, 0.4) is 0 Å². The number of aliphatic carboxylic acids is 1. The normalized spacial score (nSPS) is 16.8. The maximum atomic E-state index is 11.0. The molecule has 1 aliphatic carbocycles. The topological polar surface area (TPSA) is 75.1 Å². The summed E-state index contributed by atoms with van der Waals surface area (Å²) in [6.45, 7) is 3.20. The van der Waals surface area contributed by atoms with Crippen LogP contribution >= 0.6 is 0 Å². The summed E-state index contributed by atoms with van der Waals surface area (Å²) < 4.78 is 0. The summed E-state index contributed by atoms with van der Waals surface area (Å²) in [6, 6.07) is 3.76. The molecular weight excluding hydrogens is 230 g/mol. The van der Waals surface area contributed by atoms with Crippen molar-refractivity contribution < 1.29 is 9.90 Å². The van der Waals surface area contributed by atoms with Crippen LogP contribution < -0.4 is 5.32 Å². The first-order valence-electron chi connectivity index (χ1n) is 6.34. The van der Waals surface area contributed by atoms with Gasteiger partial charge in [-0.25, -0.2) is 4.79 Å². The van der Waals surface area contributed by atoms with E-state index >= 15 is 0 Å². The Balaban J connectivity index is 2.05. The van der Waals surface area contributed by atoms with E-state index in [0.29, 0.717) is 11.7 Å². The van der Waals surface area contributed by atoms with Gasteiger partial charge in [-0.1, -0.05) is 12.8 Å². The molecule has 1 aromatic heterocycles. The van der Waals surface area contributed by atoms with Gasteiger partial charge in [0.1, 0.15) is 11.4 Å². The fourth-order valence-electron chi connectivity index (χ4n) is 2.22. The van der Waals surface area contributed by atoms with Crippen molar-refractivity contribution in [2.24, 2.45) is 0 Å². The third kappa shape index (κ3) is 2.78. The summed E-state index contributed by atoms with van der Waals surface area (Å²) in [4.78, 5) is 11.0. The average molecular weight is 249 g/mol. The standard InChI is InChI=1S/C13H19N3O2/c1-13(2,12(17)18)14-11-8-7-10(15-16-11)9-5-3-4-6-9/h7-9H,3-6H2,1-2H3,(H,14,16)(H,17,18). The van der Waals surface area contributed by atoms with E-state index < -0.39 is 11.5 Å². The van der Waals surface area contributed by atoms with Crippen LogP contribution in [0.2, 0.25) is 0 Å². The highest BCUT2D eigenvalue weighted by atomic mass is 16.4. The highest BCUT2D eigenvalue weighted by molar-refractivity contribution is 5.81. The molecule has 1 aliphatic rings. The molecule has 0 aromatic carbocycles. The van der Waals surface area contributed by atoms with Gasteiger partial charge < -0.3 is 10.4 Å². The Bertz CT molecular complexity index is 422. The van der Waals surface area contributed by atoms with Crippen LogP contribution in [-0.2, 0) is 4.79 Å². The molecule has 0 atom stereocenters. The molecule has 0 bridgehead atoms. The molecule has 0 amide bonds. The molecule has 2 N–H and O–H groups in total. The lowest BCUT2D eigenvalue weighted by Gasteiger charge is -2.21. The lowest BCUT2D eigenvalue weighted by molar-refractivity contribution is -0.141. The molecule has 0 aliphatic heterocycles. The van der Waals surface area contributed by atoms with Crippen molar-refractivity contribution in [3.63, 3.8) is 0 Å². The molecule has 5 heteroatoms. The van der Waals surface area contributed by atoms with Crippen molar-refractivity contribution in [2.75, 3.05) is 5.32 Å². The van der Waals surface area contributed by atoms with Crippen LogP contribution in [0.15, 0.2) is 12.1 Å². The molecule has 1 heterocycles. The van der Waals surface area contributed by atoms with Gasteiger partial charge in [-0.05, 0) is 38.8 Å². The first-order chi connectivity index (χ1) is 8.49. The molecule has 0 spiro atoms. The van der Waals surface area contributed by atoms with Gasteiger partial charge in [-0.15, -0.1) is 5.10 Å². The SMILES string of the molecule is CC(C)(Nc1ccc(C2CCCC2)nn1)C(=O)O. The highest BCUT2D eigenvalue weighted by Gasteiger charge is 2.27. The quantitative estimate of drug-likeness (QED) is 0.857. The Morgan fingerprint density at radius 1 is 1.33 bits per heavy atom. The van der Waals surface area contributed by atoms with Gasteiger partial charge in [-0.3, -0.25) is 0 Å². The molecule has 0 radical (unpaired) electrons. The number of carboxylic acid groups (broad SMARTS) is 1. The van der Waals surface area contributed by atoms with Crippen LogP contribution in [0.25, 0.3) is 0 Å². The van der Waals surface area contributed by atoms with Gasteiger partial charge in [0.15, 0.2) is 0 Å². The summed E-state index contributed by atoms with van der Waals surface area (Å²) in [5.41, 5.74) is -0.0185. The molecule has 1 aromatic rings. The van der Waals surface area contributed by atoms with Crippen molar-refractivity contribution in [1.29, 1.82) is 0 Å². The third-order valence-electron chi connectivity index (χ3n) is 3.43. The Hall–Kier alpha value is -1.65. The lowest BCUT2D eigenvalue weighted by Crippen LogP contribution is -2.40. The summed E-state index contributed by atoms with van der Waals surface area (Å²) >= 11 is 0. The van der Waals surface area contributed by atoms with Crippen molar-refractivity contribution >= 4 is 11.8 Å². The molecular formula is C13H19N3O2. The largest absolute Gasteiger partial charge is 0.480 e. The summed E-state index contributed by atoms with van der Waals surface area (Å²) in [6.07, 6.45) is 4.89. The van der Waals surface area contributed by atoms with Gasteiger partial charge in [0, 0.05) is 5.92 Å². The van der Waals surface area contributed by atoms with Crippen molar-refractivity contribution in [2.45, 2.75) is 51.0 Å². The Morgan fingerprint density at radius 3 is 2.50 bits per heavy atom. The second-order valence-corrected chi connectivity index (χ2v) is 5.38. The average Bonchev–Trinajstić information content (AvgIpc) is 2.83. The predicted molar refractivity (Wildman–Crippen MR) is 68.6 cm³/mol. The Labute approximate surface area is 107 Å². The molecule has 1 saturated carbocycles. The number of hydrogen-bond acceptors (Lipinski definition) is 4. The summed E-state index contributed by atoms with van der Waals surface area (Å²) in [5.74, 6) is 0.118. The highest BCUT2D eigenvalue weighted by Crippen LogP contribution is 2.32. The van der Waals surface area contributed by atoms with Gasteiger partial charge in [0.05, 0.1) is 5.69 Å². The van der Waals surface area contributed by atoms with Crippen LogP contribution in [0, 0.1) is 0 Å². The van der Waals surface area contributed by atoms with E-state index in [0.717, 1.165) is 5.69 Å². The fourth-order valence-corrected chi connectivity index (χ4v) is 2.22. The maximum absolute atomic E-state index is 11.0. The van der Waals surface area contributed by atoms with Gasteiger partial charge in [-0.2, -0.15) is 5.10 Å². The summed E-state index contributed by atoms with van der Waals surface area (Å²) in [5, 5.41) is 20.1. The molecule has 1 fully saturated rings. The predicted octanol–water partition coefficient (Wildman–Crippen LogP) is 2.41. The molecule has 5 nitrogen and oxygen atoms in total. The van der Waals surface area contributed by atoms with Gasteiger partial charge in [0.25, 0.3) is 0 Å². The molecule has 0 saturated heterocycles. The van der Waals surface area contributed by atoms with E-state index in [4.69, 9.17) is 5.11 Å². The number of anilines is 1. The number of hydrogen-bond donors (Lipinski definition) is 2. The van der Waals surface area contributed by atoms with Crippen LogP contribution in [0.4, 0.5) is 5.82 Å². The molecule has 2 rings (SSSR count). The molecule has 0 unspecified atom stereocenters. The minimum atomic E-state index is -1.04. The van der Waals surface area contributed by atoms with E-state index in [1.165, 1.54) is 25.7 Å². The van der Waals surface area contributed by atoms with Crippen LogP contribution in [0.1, 0.15) is 51.1 Å². The Morgan fingerprint density at radius 2 is 2.00 bits per heavy atom.